The second-order valence-corrected chi connectivity index (χ2v) is 9.10. The van der Waals surface area contributed by atoms with Crippen molar-refractivity contribution >= 4 is 23.1 Å². The van der Waals surface area contributed by atoms with Gasteiger partial charge in [0.25, 0.3) is 0 Å². The van der Waals surface area contributed by atoms with Crippen LogP contribution in [0.3, 0.4) is 0 Å². The minimum Gasteiger partial charge on any atom is -0.308 e. The number of thiophene rings is 1. The minimum atomic E-state index is 0.410. The zero-order valence-corrected chi connectivity index (χ0v) is 16.6. The van der Waals surface area contributed by atoms with Gasteiger partial charge in [0.05, 0.1) is 6.04 Å². The first-order valence-corrected chi connectivity index (χ1v) is 11.2. The molecule has 5 nitrogen and oxygen atoms in total. The van der Waals surface area contributed by atoms with Crippen LogP contribution in [0.15, 0.2) is 22.7 Å². The van der Waals surface area contributed by atoms with Gasteiger partial charge in [-0.3, -0.25) is 4.90 Å². The van der Waals surface area contributed by atoms with Crippen molar-refractivity contribution in [3.63, 3.8) is 0 Å². The second kappa shape index (κ2) is 8.20. The Morgan fingerprint density at radius 2 is 2.08 bits per heavy atom. The van der Waals surface area contributed by atoms with E-state index in [2.05, 4.69) is 49.1 Å². The zero-order chi connectivity index (χ0) is 17.1. The average molecular weight is 378 g/mol. The van der Waals surface area contributed by atoms with Gasteiger partial charge < -0.3 is 9.47 Å². The monoisotopic (exact) mass is 377 g/mol. The largest absolute Gasteiger partial charge is 0.308 e. The van der Waals surface area contributed by atoms with Crippen LogP contribution >= 0.6 is 23.1 Å². The molecule has 7 heteroatoms. The molecule has 136 valence electrons. The highest BCUT2D eigenvalue weighted by molar-refractivity contribution is 7.99. The lowest BCUT2D eigenvalue weighted by molar-refractivity contribution is 0.237. The lowest BCUT2D eigenvalue weighted by Gasteiger charge is -2.23. The molecule has 2 aromatic rings. The molecule has 2 aliphatic rings. The van der Waals surface area contributed by atoms with Crippen LogP contribution in [0, 0.1) is 0 Å². The molecule has 2 aromatic heterocycles. The van der Waals surface area contributed by atoms with Crippen LogP contribution in [0.4, 0.5) is 0 Å². The summed E-state index contributed by atoms with van der Waals surface area (Å²) in [4.78, 5) is 6.56. The molecule has 2 saturated heterocycles. The van der Waals surface area contributed by atoms with Crippen LogP contribution in [0.25, 0.3) is 0 Å². The third-order valence-electron chi connectivity index (χ3n) is 5.31. The Morgan fingerprint density at radius 3 is 2.88 bits per heavy atom. The SMILES string of the molecule is Cn1c(SCCN2CCCC2)nnc1C1CCCN1Cc1cccs1. The second-order valence-electron chi connectivity index (χ2n) is 7.00. The van der Waals surface area contributed by atoms with Crippen molar-refractivity contribution in [2.75, 3.05) is 31.9 Å². The topological polar surface area (TPSA) is 37.2 Å². The molecule has 2 aliphatic heterocycles. The number of nitrogens with zero attached hydrogens (tertiary/aromatic N) is 5. The average Bonchev–Trinajstić information content (AvgIpc) is 3.38. The molecule has 0 saturated carbocycles. The summed E-state index contributed by atoms with van der Waals surface area (Å²) in [5, 5.41) is 12.3. The van der Waals surface area contributed by atoms with E-state index < -0.39 is 0 Å². The maximum atomic E-state index is 4.57. The molecular weight excluding hydrogens is 350 g/mol. The molecule has 4 rings (SSSR count). The van der Waals surface area contributed by atoms with E-state index >= 15 is 0 Å². The molecule has 0 bridgehead atoms. The lowest BCUT2D eigenvalue weighted by atomic mass is 10.2. The van der Waals surface area contributed by atoms with Crippen LogP contribution in [0.5, 0.6) is 0 Å². The normalized spacial score (nSPS) is 22.2. The van der Waals surface area contributed by atoms with Gasteiger partial charge in [0, 0.05) is 30.8 Å². The van der Waals surface area contributed by atoms with E-state index in [0.29, 0.717) is 6.04 Å². The molecule has 2 fully saturated rings. The maximum absolute atomic E-state index is 4.57. The predicted molar refractivity (Wildman–Crippen MR) is 104 cm³/mol. The smallest absolute Gasteiger partial charge is 0.191 e. The molecule has 0 N–H and O–H groups in total. The summed E-state index contributed by atoms with van der Waals surface area (Å²) in [6, 6.07) is 4.78. The fourth-order valence-corrected chi connectivity index (χ4v) is 5.57. The molecule has 25 heavy (non-hydrogen) atoms. The van der Waals surface area contributed by atoms with Gasteiger partial charge in [0.15, 0.2) is 11.0 Å². The third-order valence-corrected chi connectivity index (χ3v) is 7.17. The Balaban J connectivity index is 1.37. The molecule has 0 radical (unpaired) electrons. The van der Waals surface area contributed by atoms with Gasteiger partial charge in [0.1, 0.15) is 0 Å². The molecule has 0 aromatic carbocycles. The summed E-state index contributed by atoms with van der Waals surface area (Å²) in [6.45, 7) is 5.90. The van der Waals surface area contributed by atoms with E-state index in [-0.39, 0.29) is 0 Å². The summed E-state index contributed by atoms with van der Waals surface area (Å²) >= 11 is 3.70. The third kappa shape index (κ3) is 4.10. The van der Waals surface area contributed by atoms with Crippen molar-refractivity contribution in [3.8, 4) is 0 Å². The summed E-state index contributed by atoms with van der Waals surface area (Å²) in [5.41, 5.74) is 0. The van der Waals surface area contributed by atoms with Crippen LogP contribution in [-0.4, -0.2) is 56.5 Å². The highest BCUT2D eigenvalue weighted by Crippen LogP contribution is 2.33. The van der Waals surface area contributed by atoms with Crippen molar-refractivity contribution in [1.29, 1.82) is 0 Å². The van der Waals surface area contributed by atoms with Crippen molar-refractivity contribution in [2.45, 2.75) is 43.4 Å². The number of rotatable bonds is 7. The number of aromatic nitrogens is 3. The first-order chi connectivity index (χ1) is 12.3. The highest BCUT2D eigenvalue weighted by Gasteiger charge is 2.30. The molecule has 1 unspecified atom stereocenters. The summed E-state index contributed by atoms with van der Waals surface area (Å²) in [5.74, 6) is 2.24. The zero-order valence-electron chi connectivity index (χ0n) is 14.9. The van der Waals surface area contributed by atoms with Gasteiger partial charge in [-0.15, -0.1) is 21.5 Å². The van der Waals surface area contributed by atoms with E-state index in [9.17, 15) is 0 Å². The number of likely N-dealkylation sites (tertiary alicyclic amines) is 2. The fourth-order valence-electron chi connectivity index (χ4n) is 3.92. The first kappa shape index (κ1) is 17.5. The van der Waals surface area contributed by atoms with Crippen molar-refractivity contribution in [2.24, 2.45) is 7.05 Å². The van der Waals surface area contributed by atoms with Crippen molar-refractivity contribution in [1.82, 2.24) is 24.6 Å². The Morgan fingerprint density at radius 1 is 1.20 bits per heavy atom. The Hall–Kier alpha value is -0.890. The molecule has 0 amide bonds. The van der Waals surface area contributed by atoms with Gasteiger partial charge in [-0.1, -0.05) is 17.8 Å². The van der Waals surface area contributed by atoms with Gasteiger partial charge in [0.2, 0.25) is 0 Å². The molecule has 4 heterocycles. The Labute approximate surface area is 158 Å². The predicted octanol–water partition coefficient (Wildman–Crippen LogP) is 3.40. The van der Waals surface area contributed by atoms with Gasteiger partial charge >= 0.3 is 0 Å². The van der Waals surface area contributed by atoms with E-state index in [1.807, 2.05) is 23.1 Å². The molecular formula is C18H27N5S2. The van der Waals surface area contributed by atoms with Gasteiger partial charge in [-0.2, -0.15) is 0 Å². The molecule has 0 spiro atoms. The van der Waals surface area contributed by atoms with Crippen LogP contribution in [0.2, 0.25) is 0 Å². The van der Waals surface area contributed by atoms with Crippen molar-refractivity contribution < 1.29 is 0 Å². The Bertz CT molecular complexity index is 663. The summed E-state index contributed by atoms with van der Waals surface area (Å²) in [7, 11) is 2.13. The van der Waals surface area contributed by atoms with Crippen LogP contribution in [-0.2, 0) is 13.6 Å². The van der Waals surface area contributed by atoms with Gasteiger partial charge in [-0.05, 0) is 56.8 Å². The number of hydrogen-bond donors (Lipinski definition) is 0. The van der Waals surface area contributed by atoms with E-state index in [4.69, 9.17) is 0 Å². The van der Waals surface area contributed by atoms with Crippen LogP contribution < -0.4 is 0 Å². The van der Waals surface area contributed by atoms with E-state index in [1.165, 1.54) is 50.2 Å². The van der Waals surface area contributed by atoms with Crippen molar-refractivity contribution in [3.05, 3.63) is 28.2 Å². The summed E-state index contributed by atoms with van der Waals surface area (Å²) < 4.78 is 2.23. The van der Waals surface area contributed by atoms with E-state index in [0.717, 1.165) is 29.8 Å². The summed E-state index contributed by atoms with van der Waals surface area (Å²) in [6.07, 6.45) is 5.16. The number of thioether (sulfide) groups is 1. The highest BCUT2D eigenvalue weighted by atomic mass is 32.2. The molecule has 0 aliphatic carbocycles. The Kier molecular flexibility index (Phi) is 5.75. The number of hydrogen-bond acceptors (Lipinski definition) is 6. The van der Waals surface area contributed by atoms with E-state index in [1.54, 1.807) is 0 Å². The van der Waals surface area contributed by atoms with Crippen LogP contribution in [0.1, 0.15) is 42.4 Å². The standard InChI is InChI=1S/C18H27N5S2/c1-21-17(16-7-4-10-23(16)14-15-6-5-12-24-15)19-20-18(21)25-13-11-22-8-2-3-9-22/h5-6,12,16H,2-4,7-11,13-14H2,1H3. The molecule has 1 atom stereocenters. The van der Waals surface area contributed by atoms with Gasteiger partial charge in [-0.25, -0.2) is 0 Å². The minimum absolute atomic E-state index is 0.410. The first-order valence-electron chi connectivity index (χ1n) is 9.32. The quantitative estimate of drug-likeness (QED) is 0.691. The maximum Gasteiger partial charge on any atom is 0.191 e. The fraction of sp³-hybridized carbons (Fsp3) is 0.667. The lowest BCUT2D eigenvalue weighted by Crippen LogP contribution is -2.24.